The molecule has 0 bridgehead atoms. The van der Waals surface area contributed by atoms with Crippen LogP contribution in [-0.4, -0.2) is 47.0 Å². The Labute approximate surface area is 202 Å². The standard InChI is InChI=1S/C27H35N5O2/c1-26(2)17-30(5)22-15-20(10-11-21(22)26)32-24(33)27(3,4)31(25(32)34)16-18-12-13-28-23(14-18)29-19-8-6-7-9-19/h10-15,19H,6-9,16-17H2,1-5H3,(H,28,29). The summed E-state index contributed by atoms with van der Waals surface area (Å²) < 4.78 is 0. The lowest BCUT2D eigenvalue weighted by atomic mass is 9.87. The maximum Gasteiger partial charge on any atom is 0.332 e. The fourth-order valence-corrected chi connectivity index (χ4v) is 5.75. The molecule has 7 heteroatoms. The van der Waals surface area contributed by atoms with Crippen LogP contribution in [0.2, 0.25) is 0 Å². The minimum absolute atomic E-state index is 0.0402. The van der Waals surface area contributed by atoms with Gasteiger partial charge in [-0.3, -0.25) is 4.79 Å². The zero-order chi connectivity index (χ0) is 24.3. The van der Waals surface area contributed by atoms with Crippen molar-refractivity contribution in [2.24, 2.45) is 0 Å². The molecule has 3 heterocycles. The lowest BCUT2D eigenvalue weighted by Crippen LogP contribution is -2.43. The number of nitrogens with zero attached hydrogens (tertiary/aromatic N) is 4. The molecule has 3 amide bonds. The van der Waals surface area contributed by atoms with Crippen molar-refractivity contribution in [3.05, 3.63) is 47.7 Å². The number of aromatic nitrogens is 1. The van der Waals surface area contributed by atoms with Gasteiger partial charge in [0.1, 0.15) is 11.4 Å². The smallest absolute Gasteiger partial charge is 0.332 e. The van der Waals surface area contributed by atoms with Crippen LogP contribution in [0.5, 0.6) is 0 Å². The van der Waals surface area contributed by atoms with Crippen LogP contribution in [0.3, 0.4) is 0 Å². The Balaban J connectivity index is 1.40. The molecule has 5 rings (SSSR count). The average molecular weight is 462 g/mol. The lowest BCUT2D eigenvalue weighted by molar-refractivity contribution is -0.123. The molecule has 0 radical (unpaired) electrons. The van der Waals surface area contributed by atoms with Gasteiger partial charge in [-0.1, -0.05) is 32.8 Å². The van der Waals surface area contributed by atoms with Crippen LogP contribution < -0.4 is 15.1 Å². The second-order valence-corrected chi connectivity index (χ2v) is 11.2. The fourth-order valence-electron chi connectivity index (χ4n) is 5.75. The van der Waals surface area contributed by atoms with Gasteiger partial charge in [0, 0.05) is 43.5 Å². The lowest BCUT2D eigenvalue weighted by Gasteiger charge is -2.28. The highest BCUT2D eigenvalue weighted by atomic mass is 16.2. The topological polar surface area (TPSA) is 68.8 Å². The predicted octanol–water partition coefficient (Wildman–Crippen LogP) is 4.91. The third-order valence-electron chi connectivity index (χ3n) is 7.71. The van der Waals surface area contributed by atoms with Crippen molar-refractivity contribution in [3.63, 3.8) is 0 Å². The van der Waals surface area contributed by atoms with Gasteiger partial charge in [-0.05, 0) is 62.1 Å². The largest absolute Gasteiger partial charge is 0.373 e. The number of imide groups is 1. The second-order valence-electron chi connectivity index (χ2n) is 11.2. The van der Waals surface area contributed by atoms with Crippen LogP contribution in [0, 0.1) is 0 Å². The van der Waals surface area contributed by atoms with Crippen LogP contribution in [0.15, 0.2) is 36.5 Å². The molecule has 2 aromatic rings. The number of amides is 3. The van der Waals surface area contributed by atoms with E-state index in [1.165, 1.54) is 36.1 Å². The molecule has 1 aromatic carbocycles. The summed E-state index contributed by atoms with van der Waals surface area (Å²) in [5, 5.41) is 3.52. The first-order valence-electron chi connectivity index (χ1n) is 12.3. The molecule has 3 aliphatic rings. The summed E-state index contributed by atoms with van der Waals surface area (Å²) in [6, 6.07) is 10.1. The molecule has 1 saturated heterocycles. The molecule has 1 N–H and O–H groups in total. The van der Waals surface area contributed by atoms with E-state index < -0.39 is 5.54 Å². The maximum absolute atomic E-state index is 13.6. The molecule has 0 unspecified atom stereocenters. The van der Waals surface area contributed by atoms with E-state index in [9.17, 15) is 9.59 Å². The molecule has 2 aliphatic heterocycles. The average Bonchev–Trinajstić information content (AvgIpc) is 3.41. The number of hydrogen-bond acceptors (Lipinski definition) is 5. The number of anilines is 3. The van der Waals surface area contributed by atoms with Crippen molar-refractivity contribution in [3.8, 4) is 0 Å². The van der Waals surface area contributed by atoms with Crippen LogP contribution in [-0.2, 0) is 16.8 Å². The summed E-state index contributed by atoms with van der Waals surface area (Å²) in [6.07, 6.45) is 6.61. The molecule has 7 nitrogen and oxygen atoms in total. The van der Waals surface area contributed by atoms with Gasteiger partial charge >= 0.3 is 6.03 Å². The van der Waals surface area contributed by atoms with E-state index in [2.05, 4.69) is 42.2 Å². The molecular weight excluding hydrogens is 426 g/mol. The van der Waals surface area contributed by atoms with E-state index in [0.29, 0.717) is 18.3 Å². The number of carbonyl (C=O) groups is 2. The van der Waals surface area contributed by atoms with Gasteiger partial charge in [-0.2, -0.15) is 0 Å². The first kappa shape index (κ1) is 22.7. The summed E-state index contributed by atoms with van der Waals surface area (Å²) in [6.45, 7) is 9.36. The number of urea groups is 1. The van der Waals surface area contributed by atoms with Gasteiger partial charge < -0.3 is 15.1 Å². The zero-order valence-electron chi connectivity index (χ0n) is 20.9. The van der Waals surface area contributed by atoms with E-state index in [0.717, 1.165) is 23.6 Å². The zero-order valence-corrected chi connectivity index (χ0v) is 20.9. The number of nitrogens with one attached hydrogen (secondary N) is 1. The second kappa shape index (κ2) is 8.00. The number of hydrogen-bond donors (Lipinski definition) is 1. The molecule has 1 saturated carbocycles. The number of rotatable bonds is 5. The summed E-state index contributed by atoms with van der Waals surface area (Å²) in [4.78, 5) is 36.7. The Morgan fingerprint density at radius 2 is 1.79 bits per heavy atom. The van der Waals surface area contributed by atoms with Gasteiger partial charge in [0.15, 0.2) is 0 Å². The first-order valence-corrected chi connectivity index (χ1v) is 12.3. The van der Waals surface area contributed by atoms with Gasteiger partial charge in [0.05, 0.1) is 5.69 Å². The highest BCUT2D eigenvalue weighted by Crippen LogP contribution is 2.43. The Bertz CT molecular complexity index is 1140. The van der Waals surface area contributed by atoms with Crippen molar-refractivity contribution >= 4 is 29.1 Å². The summed E-state index contributed by atoms with van der Waals surface area (Å²) in [7, 11) is 2.06. The fraction of sp³-hybridized carbons (Fsp3) is 0.519. The van der Waals surface area contributed by atoms with E-state index in [1.807, 2.05) is 38.1 Å². The van der Waals surface area contributed by atoms with Crippen molar-refractivity contribution in [2.45, 2.75) is 76.9 Å². The van der Waals surface area contributed by atoms with Crippen molar-refractivity contribution < 1.29 is 9.59 Å². The summed E-state index contributed by atoms with van der Waals surface area (Å²) in [5.74, 6) is 0.636. The molecule has 180 valence electrons. The molecule has 0 spiro atoms. The molecule has 1 aromatic heterocycles. The maximum atomic E-state index is 13.6. The van der Waals surface area contributed by atoms with E-state index in [4.69, 9.17) is 0 Å². The number of benzene rings is 1. The van der Waals surface area contributed by atoms with Crippen LogP contribution in [0.1, 0.15) is 64.5 Å². The van der Waals surface area contributed by atoms with Crippen molar-refractivity contribution in [1.82, 2.24) is 9.88 Å². The normalized spacial score (nSPS) is 21.5. The molecule has 2 fully saturated rings. The highest BCUT2D eigenvalue weighted by molar-refractivity contribution is 6.23. The van der Waals surface area contributed by atoms with Crippen LogP contribution in [0.25, 0.3) is 0 Å². The van der Waals surface area contributed by atoms with Gasteiger partial charge in [0.2, 0.25) is 0 Å². The van der Waals surface area contributed by atoms with Gasteiger partial charge in [-0.15, -0.1) is 0 Å². The Morgan fingerprint density at radius 3 is 2.53 bits per heavy atom. The predicted molar refractivity (Wildman–Crippen MR) is 135 cm³/mol. The monoisotopic (exact) mass is 461 g/mol. The molecular formula is C27H35N5O2. The van der Waals surface area contributed by atoms with E-state index in [-0.39, 0.29) is 17.4 Å². The van der Waals surface area contributed by atoms with Crippen molar-refractivity contribution in [2.75, 3.05) is 28.7 Å². The summed E-state index contributed by atoms with van der Waals surface area (Å²) in [5.41, 5.74) is 3.01. The van der Waals surface area contributed by atoms with Gasteiger partial charge in [0.25, 0.3) is 5.91 Å². The minimum Gasteiger partial charge on any atom is -0.373 e. The third kappa shape index (κ3) is 3.71. The third-order valence-corrected chi connectivity index (χ3v) is 7.71. The SMILES string of the molecule is CN1CC(C)(C)c2ccc(N3C(=O)N(Cc4ccnc(NC5CCCC5)c4)C(C)(C)C3=O)cc21. The van der Waals surface area contributed by atoms with E-state index in [1.54, 1.807) is 11.1 Å². The number of fused-ring (bicyclic) bond motifs is 1. The van der Waals surface area contributed by atoms with Crippen LogP contribution in [0.4, 0.5) is 22.0 Å². The van der Waals surface area contributed by atoms with Crippen molar-refractivity contribution in [1.29, 1.82) is 0 Å². The number of likely N-dealkylation sites (N-methyl/N-ethyl adjacent to an activating group) is 1. The minimum atomic E-state index is -0.941. The van der Waals surface area contributed by atoms with Gasteiger partial charge in [-0.25, -0.2) is 14.7 Å². The van der Waals surface area contributed by atoms with E-state index >= 15 is 0 Å². The number of pyridine rings is 1. The Hall–Kier alpha value is -3.09. The molecule has 34 heavy (non-hydrogen) atoms. The quantitative estimate of drug-likeness (QED) is 0.641. The Kier molecular flexibility index (Phi) is 5.34. The first-order chi connectivity index (χ1) is 16.1. The van der Waals surface area contributed by atoms with Crippen LogP contribution >= 0.6 is 0 Å². The molecule has 0 atom stereocenters. The summed E-state index contributed by atoms with van der Waals surface area (Å²) >= 11 is 0. The Morgan fingerprint density at radius 1 is 1.06 bits per heavy atom. The number of carbonyl (C=O) groups excluding carboxylic acids is 2. The highest BCUT2D eigenvalue weighted by Gasteiger charge is 2.52. The molecule has 1 aliphatic carbocycles.